The number of hydrogen-bond acceptors (Lipinski definition) is 6. The maximum absolute atomic E-state index is 12.2. The van der Waals surface area contributed by atoms with Crippen molar-refractivity contribution in [2.24, 2.45) is 0 Å². The topological polar surface area (TPSA) is 72.5 Å². The van der Waals surface area contributed by atoms with Crippen LogP contribution in [-0.4, -0.2) is 36.5 Å². The summed E-state index contributed by atoms with van der Waals surface area (Å²) >= 11 is 1.31. The molecule has 1 aliphatic rings. The molecule has 3 rings (SSSR count). The fourth-order valence-corrected chi connectivity index (χ4v) is 3.30. The molecule has 6 nitrogen and oxygen atoms in total. The summed E-state index contributed by atoms with van der Waals surface area (Å²) < 4.78 is 45.7. The van der Waals surface area contributed by atoms with Crippen LogP contribution in [0.25, 0.3) is 0 Å². The monoisotopic (exact) mass is 401 g/mol. The minimum absolute atomic E-state index is 0.0888. The smallest absolute Gasteiger partial charge is 0.406 e. The first-order valence-corrected chi connectivity index (χ1v) is 9.21. The first-order valence-electron chi connectivity index (χ1n) is 8.33. The predicted octanol–water partition coefficient (Wildman–Crippen LogP) is 3.62. The van der Waals surface area contributed by atoms with E-state index in [4.69, 9.17) is 4.74 Å². The average Bonchev–Trinajstić information content (AvgIpc) is 3.25. The zero-order chi connectivity index (χ0) is 19.3. The van der Waals surface area contributed by atoms with E-state index in [0.29, 0.717) is 23.1 Å². The first-order chi connectivity index (χ1) is 12.9. The van der Waals surface area contributed by atoms with Crippen LogP contribution in [0.2, 0.25) is 0 Å². The number of nitrogens with zero attached hydrogens (tertiary/aromatic N) is 1. The lowest BCUT2D eigenvalue weighted by molar-refractivity contribution is -0.274. The Morgan fingerprint density at radius 1 is 1.33 bits per heavy atom. The summed E-state index contributed by atoms with van der Waals surface area (Å²) in [5.41, 5.74) is 1.18. The molecule has 0 aliphatic carbocycles. The van der Waals surface area contributed by atoms with Crippen molar-refractivity contribution in [2.45, 2.75) is 31.7 Å². The van der Waals surface area contributed by atoms with Gasteiger partial charge in [0.2, 0.25) is 5.91 Å². The molecule has 1 unspecified atom stereocenters. The Hall–Kier alpha value is -2.33. The highest BCUT2D eigenvalue weighted by atomic mass is 32.1. The molecule has 1 aliphatic heterocycles. The van der Waals surface area contributed by atoms with E-state index in [-0.39, 0.29) is 24.2 Å². The second kappa shape index (κ2) is 8.57. The molecular weight excluding hydrogens is 383 g/mol. The number of ether oxygens (including phenoxy) is 2. The molecule has 0 spiro atoms. The van der Waals surface area contributed by atoms with Gasteiger partial charge in [-0.1, -0.05) is 0 Å². The number of benzene rings is 1. The van der Waals surface area contributed by atoms with Gasteiger partial charge in [-0.25, -0.2) is 4.98 Å². The molecule has 2 heterocycles. The van der Waals surface area contributed by atoms with Crippen molar-refractivity contribution in [3.8, 4) is 5.75 Å². The summed E-state index contributed by atoms with van der Waals surface area (Å²) in [6, 6.07) is 5.33. The van der Waals surface area contributed by atoms with Crippen LogP contribution < -0.4 is 15.4 Å². The standard InChI is InChI=1S/C17H18F3N3O3S/c18-17(19,20)26-13-5-3-11(4-6-13)22-16-23-12(10-27-16)8-15(24)21-9-14-2-1-7-25-14/h3-6,10,14H,1-2,7-9H2,(H,21,24)(H,22,23). The number of alkyl halides is 3. The van der Waals surface area contributed by atoms with E-state index in [1.54, 1.807) is 5.38 Å². The van der Waals surface area contributed by atoms with E-state index >= 15 is 0 Å². The number of thiazole rings is 1. The van der Waals surface area contributed by atoms with Gasteiger partial charge < -0.3 is 20.1 Å². The van der Waals surface area contributed by atoms with E-state index < -0.39 is 6.36 Å². The molecule has 0 bridgehead atoms. The maximum Gasteiger partial charge on any atom is 0.573 e. The van der Waals surface area contributed by atoms with Gasteiger partial charge in [0, 0.05) is 24.2 Å². The van der Waals surface area contributed by atoms with Gasteiger partial charge in [-0.05, 0) is 37.1 Å². The number of anilines is 2. The van der Waals surface area contributed by atoms with Gasteiger partial charge in [0.15, 0.2) is 5.13 Å². The third-order valence-electron chi connectivity index (χ3n) is 3.78. The Labute approximate surface area is 157 Å². The van der Waals surface area contributed by atoms with Gasteiger partial charge in [-0.2, -0.15) is 0 Å². The molecule has 1 aromatic heterocycles. The molecule has 1 aromatic carbocycles. The number of carbonyl (C=O) groups is 1. The zero-order valence-corrected chi connectivity index (χ0v) is 15.0. The third-order valence-corrected chi connectivity index (χ3v) is 4.59. The normalized spacial score (nSPS) is 16.9. The second-order valence-corrected chi connectivity index (χ2v) is 6.82. The van der Waals surface area contributed by atoms with Crippen LogP contribution in [0.1, 0.15) is 18.5 Å². The quantitative estimate of drug-likeness (QED) is 0.742. The molecule has 1 saturated heterocycles. The molecule has 1 atom stereocenters. The van der Waals surface area contributed by atoms with Gasteiger partial charge in [-0.3, -0.25) is 4.79 Å². The summed E-state index contributed by atoms with van der Waals surface area (Å²) in [7, 11) is 0. The fourth-order valence-electron chi connectivity index (χ4n) is 2.57. The highest BCUT2D eigenvalue weighted by molar-refractivity contribution is 7.13. The summed E-state index contributed by atoms with van der Waals surface area (Å²) in [5, 5.41) is 8.12. The number of carbonyl (C=O) groups excluding carboxylic acids is 1. The van der Waals surface area contributed by atoms with E-state index in [1.165, 1.54) is 35.6 Å². The Morgan fingerprint density at radius 2 is 2.11 bits per heavy atom. The third kappa shape index (κ3) is 6.40. The summed E-state index contributed by atoms with van der Waals surface area (Å²) in [6.45, 7) is 1.24. The van der Waals surface area contributed by atoms with Crippen LogP contribution in [0, 0.1) is 0 Å². The molecule has 10 heteroatoms. The van der Waals surface area contributed by atoms with Crippen molar-refractivity contribution in [3.05, 3.63) is 35.3 Å². The molecule has 146 valence electrons. The highest BCUT2D eigenvalue weighted by Crippen LogP contribution is 2.26. The van der Waals surface area contributed by atoms with Gasteiger partial charge >= 0.3 is 6.36 Å². The Morgan fingerprint density at radius 3 is 2.78 bits per heavy atom. The number of aromatic nitrogens is 1. The van der Waals surface area contributed by atoms with Gasteiger partial charge in [0.1, 0.15) is 5.75 Å². The van der Waals surface area contributed by atoms with Crippen molar-refractivity contribution in [1.82, 2.24) is 10.3 Å². The van der Waals surface area contributed by atoms with Crippen LogP contribution in [0.5, 0.6) is 5.75 Å². The predicted molar refractivity (Wildman–Crippen MR) is 94.2 cm³/mol. The molecule has 0 radical (unpaired) electrons. The number of rotatable bonds is 7. The summed E-state index contributed by atoms with van der Waals surface area (Å²) in [4.78, 5) is 16.3. The molecule has 0 saturated carbocycles. The lowest BCUT2D eigenvalue weighted by Gasteiger charge is -2.10. The first kappa shape index (κ1) is 19.4. The minimum Gasteiger partial charge on any atom is -0.406 e. The molecule has 1 amide bonds. The highest BCUT2D eigenvalue weighted by Gasteiger charge is 2.30. The number of halogens is 3. The second-order valence-electron chi connectivity index (χ2n) is 5.96. The van der Waals surface area contributed by atoms with E-state index in [9.17, 15) is 18.0 Å². The minimum atomic E-state index is -4.72. The Kier molecular flexibility index (Phi) is 6.17. The largest absolute Gasteiger partial charge is 0.573 e. The lowest BCUT2D eigenvalue weighted by Crippen LogP contribution is -2.32. The van der Waals surface area contributed by atoms with Crippen molar-refractivity contribution in [1.29, 1.82) is 0 Å². The molecule has 2 N–H and O–H groups in total. The van der Waals surface area contributed by atoms with Crippen LogP contribution in [-0.2, 0) is 16.0 Å². The van der Waals surface area contributed by atoms with E-state index in [0.717, 1.165) is 19.4 Å². The average molecular weight is 401 g/mol. The van der Waals surface area contributed by atoms with E-state index in [2.05, 4.69) is 20.4 Å². The number of nitrogens with one attached hydrogen (secondary N) is 2. The van der Waals surface area contributed by atoms with Gasteiger partial charge in [0.25, 0.3) is 0 Å². The SMILES string of the molecule is O=C(Cc1csc(Nc2ccc(OC(F)(F)F)cc2)n1)NCC1CCCO1. The van der Waals surface area contributed by atoms with Crippen LogP contribution in [0.4, 0.5) is 24.0 Å². The molecule has 2 aromatic rings. The fraction of sp³-hybridized carbons (Fsp3) is 0.412. The van der Waals surface area contributed by atoms with Gasteiger partial charge in [-0.15, -0.1) is 24.5 Å². The zero-order valence-electron chi connectivity index (χ0n) is 14.2. The van der Waals surface area contributed by atoms with E-state index in [1.807, 2.05) is 0 Å². The van der Waals surface area contributed by atoms with Crippen LogP contribution in [0.3, 0.4) is 0 Å². The Bertz CT molecular complexity index is 759. The molecular formula is C17H18F3N3O3S. The van der Waals surface area contributed by atoms with Crippen molar-refractivity contribution >= 4 is 28.1 Å². The van der Waals surface area contributed by atoms with Crippen molar-refractivity contribution in [2.75, 3.05) is 18.5 Å². The van der Waals surface area contributed by atoms with Crippen LogP contribution in [0.15, 0.2) is 29.6 Å². The number of hydrogen-bond donors (Lipinski definition) is 2. The van der Waals surface area contributed by atoms with Crippen molar-refractivity contribution < 1.29 is 27.4 Å². The van der Waals surface area contributed by atoms with Crippen LogP contribution >= 0.6 is 11.3 Å². The summed E-state index contributed by atoms with van der Waals surface area (Å²) in [6.07, 6.45) is -2.50. The van der Waals surface area contributed by atoms with Crippen molar-refractivity contribution in [3.63, 3.8) is 0 Å². The maximum atomic E-state index is 12.2. The number of amides is 1. The van der Waals surface area contributed by atoms with Gasteiger partial charge in [0.05, 0.1) is 18.2 Å². The molecule has 1 fully saturated rings. The lowest BCUT2D eigenvalue weighted by atomic mass is 10.2. The molecule has 27 heavy (non-hydrogen) atoms. The Balaban J connectivity index is 1.47. The summed E-state index contributed by atoms with van der Waals surface area (Å²) in [5.74, 6) is -0.424.